The number of hydrogen-bond acceptors (Lipinski definition) is 3. The molecule has 1 aliphatic rings. The molecule has 0 unspecified atom stereocenters. The van der Waals surface area contributed by atoms with Gasteiger partial charge in [-0.25, -0.2) is 9.67 Å². The van der Waals surface area contributed by atoms with Crippen LogP contribution in [0, 0.1) is 5.92 Å². The van der Waals surface area contributed by atoms with E-state index in [9.17, 15) is 0 Å². The molecule has 0 spiro atoms. The number of ether oxygens (including phenoxy) is 1. The van der Waals surface area contributed by atoms with Crippen molar-refractivity contribution in [1.82, 2.24) is 14.8 Å². The second kappa shape index (κ2) is 4.52. The molecule has 2 rings (SSSR count). The van der Waals surface area contributed by atoms with Gasteiger partial charge in [0.1, 0.15) is 12.9 Å². The number of nitrogens with zero attached hydrogens (tertiary/aromatic N) is 3. The number of quaternary nitrogens is 1. The monoisotopic (exact) mass is 197 g/mol. The Morgan fingerprint density at radius 1 is 1.50 bits per heavy atom. The first-order valence-electron chi connectivity index (χ1n) is 5.14. The normalized spacial score (nSPS) is 18.6. The summed E-state index contributed by atoms with van der Waals surface area (Å²) in [6.07, 6.45) is 3.88. The van der Waals surface area contributed by atoms with Gasteiger partial charge >= 0.3 is 0 Å². The van der Waals surface area contributed by atoms with E-state index < -0.39 is 0 Å². The highest BCUT2D eigenvalue weighted by Crippen LogP contribution is 2.16. The maximum atomic E-state index is 5.32. The van der Waals surface area contributed by atoms with Crippen LogP contribution in [0.15, 0.2) is 6.33 Å². The minimum absolute atomic E-state index is 0.691. The quantitative estimate of drug-likeness (QED) is 0.706. The van der Waals surface area contributed by atoms with Crippen LogP contribution in [0.3, 0.4) is 0 Å². The van der Waals surface area contributed by atoms with Crippen molar-refractivity contribution >= 4 is 0 Å². The molecule has 0 aromatic carbocycles. The Morgan fingerprint density at radius 2 is 2.29 bits per heavy atom. The highest BCUT2D eigenvalue weighted by atomic mass is 16.5. The van der Waals surface area contributed by atoms with Crippen LogP contribution in [0.1, 0.15) is 18.7 Å². The summed E-state index contributed by atoms with van der Waals surface area (Å²) in [5, 5.41) is 4.21. The lowest BCUT2D eigenvalue weighted by Crippen LogP contribution is -2.48. The van der Waals surface area contributed by atoms with Crippen molar-refractivity contribution in [2.75, 3.05) is 13.2 Å². The summed E-state index contributed by atoms with van der Waals surface area (Å²) < 4.78 is 7.29. The van der Waals surface area contributed by atoms with Gasteiger partial charge in [0.15, 0.2) is 5.82 Å². The molecule has 1 saturated heterocycles. The molecule has 1 aromatic heterocycles. The van der Waals surface area contributed by atoms with Crippen molar-refractivity contribution in [3.8, 4) is 0 Å². The highest BCUT2D eigenvalue weighted by Gasteiger charge is 2.16. The Kier molecular flexibility index (Phi) is 3.10. The summed E-state index contributed by atoms with van der Waals surface area (Å²) in [5.74, 6) is 1.67. The van der Waals surface area contributed by atoms with Gasteiger partial charge in [-0.2, -0.15) is 5.10 Å². The summed E-state index contributed by atoms with van der Waals surface area (Å²) in [4.78, 5) is 4.16. The summed E-state index contributed by atoms with van der Waals surface area (Å²) in [7, 11) is 0. The zero-order chi connectivity index (χ0) is 9.80. The zero-order valence-corrected chi connectivity index (χ0v) is 8.35. The van der Waals surface area contributed by atoms with Crippen molar-refractivity contribution in [3.05, 3.63) is 12.2 Å². The fourth-order valence-corrected chi connectivity index (χ4v) is 1.81. The maximum absolute atomic E-state index is 5.32. The fraction of sp³-hybridized carbons (Fsp3) is 0.778. The molecule has 1 fully saturated rings. The molecule has 5 heteroatoms. The summed E-state index contributed by atoms with van der Waals surface area (Å²) in [5.41, 5.74) is 3.83. The van der Waals surface area contributed by atoms with Crippen LogP contribution < -0.4 is 5.73 Å². The molecule has 0 bridgehead atoms. The molecule has 0 radical (unpaired) electrons. The van der Waals surface area contributed by atoms with Gasteiger partial charge in [-0.05, 0) is 18.8 Å². The first kappa shape index (κ1) is 9.61. The van der Waals surface area contributed by atoms with E-state index in [4.69, 9.17) is 4.74 Å². The Hall–Kier alpha value is -0.940. The van der Waals surface area contributed by atoms with Gasteiger partial charge in [-0.3, -0.25) is 0 Å². The molecule has 1 aromatic rings. The Balaban J connectivity index is 1.95. The molecular formula is C9H17N4O+. The summed E-state index contributed by atoms with van der Waals surface area (Å²) >= 11 is 0. The van der Waals surface area contributed by atoms with Crippen LogP contribution in [-0.4, -0.2) is 28.0 Å². The average Bonchev–Trinajstić information content (AvgIpc) is 2.67. The van der Waals surface area contributed by atoms with E-state index in [0.29, 0.717) is 12.5 Å². The van der Waals surface area contributed by atoms with Crippen molar-refractivity contribution in [2.45, 2.75) is 25.9 Å². The molecule has 1 aliphatic heterocycles. The molecule has 0 amide bonds. The van der Waals surface area contributed by atoms with Crippen LogP contribution in [0.5, 0.6) is 0 Å². The van der Waals surface area contributed by atoms with Crippen LogP contribution in [0.4, 0.5) is 0 Å². The lowest BCUT2D eigenvalue weighted by atomic mass is 10.0. The van der Waals surface area contributed by atoms with Crippen LogP contribution in [0.2, 0.25) is 0 Å². The van der Waals surface area contributed by atoms with Gasteiger partial charge in [-0.1, -0.05) is 0 Å². The minimum Gasteiger partial charge on any atom is -0.381 e. The lowest BCUT2D eigenvalue weighted by Gasteiger charge is -2.21. The molecule has 3 N–H and O–H groups in total. The Morgan fingerprint density at radius 3 is 3.00 bits per heavy atom. The van der Waals surface area contributed by atoms with Crippen LogP contribution in [-0.2, 0) is 17.8 Å². The second-order valence-corrected chi connectivity index (χ2v) is 3.66. The van der Waals surface area contributed by atoms with Gasteiger partial charge < -0.3 is 10.5 Å². The Bertz CT molecular complexity index is 280. The third-order valence-electron chi connectivity index (χ3n) is 2.69. The molecule has 0 atom stereocenters. The predicted molar refractivity (Wildman–Crippen MR) is 50.2 cm³/mol. The van der Waals surface area contributed by atoms with Gasteiger partial charge in [0, 0.05) is 19.8 Å². The molecule has 5 nitrogen and oxygen atoms in total. The first-order chi connectivity index (χ1) is 6.90. The van der Waals surface area contributed by atoms with Crippen molar-refractivity contribution in [2.24, 2.45) is 5.92 Å². The number of aromatic nitrogens is 3. The predicted octanol–water partition coefficient (Wildman–Crippen LogP) is -0.553. The lowest BCUT2D eigenvalue weighted by molar-refractivity contribution is -0.389. The molecule has 0 aliphatic carbocycles. The fourth-order valence-electron chi connectivity index (χ4n) is 1.81. The molecule has 0 saturated carbocycles. The third kappa shape index (κ3) is 2.10. The zero-order valence-electron chi connectivity index (χ0n) is 8.35. The average molecular weight is 197 g/mol. The third-order valence-corrected chi connectivity index (χ3v) is 2.69. The van der Waals surface area contributed by atoms with E-state index in [1.807, 2.05) is 4.68 Å². The van der Waals surface area contributed by atoms with E-state index in [1.165, 1.54) is 0 Å². The standard InChI is InChI=1S/C9H16N4O/c10-5-9-11-7-12-13(9)6-8-1-3-14-4-2-8/h7-8H,1-6,10H2/p+1. The smallest absolute Gasteiger partial charge is 0.182 e. The molecule has 2 heterocycles. The van der Waals surface area contributed by atoms with Crippen molar-refractivity contribution in [1.29, 1.82) is 0 Å². The minimum atomic E-state index is 0.691. The topological polar surface area (TPSA) is 67.6 Å². The van der Waals surface area contributed by atoms with Crippen LogP contribution >= 0.6 is 0 Å². The van der Waals surface area contributed by atoms with Gasteiger partial charge in [0.2, 0.25) is 0 Å². The largest absolute Gasteiger partial charge is 0.381 e. The summed E-state index contributed by atoms with van der Waals surface area (Å²) in [6.45, 7) is 3.45. The number of rotatable bonds is 3. The van der Waals surface area contributed by atoms with E-state index in [0.717, 1.165) is 38.4 Å². The van der Waals surface area contributed by atoms with Gasteiger partial charge in [0.05, 0.1) is 0 Å². The highest BCUT2D eigenvalue weighted by molar-refractivity contribution is 4.81. The molecular weight excluding hydrogens is 180 g/mol. The maximum Gasteiger partial charge on any atom is 0.182 e. The van der Waals surface area contributed by atoms with E-state index >= 15 is 0 Å². The van der Waals surface area contributed by atoms with Crippen molar-refractivity contribution in [3.63, 3.8) is 0 Å². The number of hydrogen-bond donors (Lipinski definition) is 1. The van der Waals surface area contributed by atoms with E-state index in [2.05, 4.69) is 15.8 Å². The van der Waals surface area contributed by atoms with Crippen LogP contribution in [0.25, 0.3) is 0 Å². The molecule has 14 heavy (non-hydrogen) atoms. The van der Waals surface area contributed by atoms with Crippen molar-refractivity contribution < 1.29 is 10.5 Å². The second-order valence-electron chi connectivity index (χ2n) is 3.66. The van der Waals surface area contributed by atoms with Gasteiger partial charge in [-0.15, -0.1) is 0 Å². The van der Waals surface area contributed by atoms with Gasteiger partial charge in [0.25, 0.3) is 0 Å². The first-order valence-corrected chi connectivity index (χ1v) is 5.14. The van der Waals surface area contributed by atoms with E-state index in [1.54, 1.807) is 6.33 Å². The molecule has 78 valence electrons. The van der Waals surface area contributed by atoms with E-state index in [-0.39, 0.29) is 0 Å². The Labute approximate surface area is 83.3 Å². The summed E-state index contributed by atoms with van der Waals surface area (Å²) in [6, 6.07) is 0. The SMILES string of the molecule is [NH3+]Cc1ncnn1CC1CCOCC1.